The maximum atomic E-state index is 5.65. The highest BCUT2D eigenvalue weighted by molar-refractivity contribution is 7.98. The Morgan fingerprint density at radius 1 is 1.10 bits per heavy atom. The van der Waals surface area contributed by atoms with E-state index in [1.165, 1.54) is 17.8 Å². The van der Waals surface area contributed by atoms with Crippen LogP contribution < -0.4 is 16.8 Å². The number of nitrogens with zero attached hydrogens (tertiary/aromatic N) is 4. The van der Waals surface area contributed by atoms with Gasteiger partial charge >= 0.3 is 0 Å². The summed E-state index contributed by atoms with van der Waals surface area (Å²) in [6.07, 6.45) is 1.05. The number of anilines is 3. The minimum Gasteiger partial charge on any atom is -0.383 e. The summed E-state index contributed by atoms with van der Waals surface area (Å²) in [6, 6.07) is 3.46. The molecule has 0 aliphatic heterocycles. The smallest absolute Gasteiger partial charge is 0.191 e. The topological polar surface area (TPSA) is 116 Å². The zero-order chi connectivity index (χ0) is 15.2. The normalized spacial score (nSPS) is 10.6. The summed E-state index contributed by atoms with van der Waals surface area (Å²) in [7, 11) is 0. The van der Waals surface area contributed by atoms with Gasteiger partial charge in [0.25, 0.3) is 0 Å². The van der Waals surface area contributed by atoms with Gasteiger partial charge < -0.3 is 16.8 Å². The molecule has 5 N–H and O–H groups in total. The SMILES string of the molecule is CCCNc1cc(C)nc(CSc2nc(N)cc(N)n2)n1. The van der Waals surface area contributed by atoms with Crippen molar-refractivity contribution in [3.63, 3.8) is 0 Å². The molecule has 7 nitrogen and oxygen atoms in total. The predicted octanol–water partition coefficient (Wildman–Crippen LogP) is 1.85. The van der Waals surface area contributed by atoms with Crippen LogP contribution in [0.1, 0.15) is 24.9 Å². The standard InChI is InChI=1S/C13H19N7S/c1-3-4-16-11-5-8(2)17-12(20-11)7-21-13-18-9(14)6-10(15)19-13/h5-6H,3-4,7H2,1-2H3,(H,16,17,20)(H4,14,15,18,19). The van der Waals surface area contributed by atoms with Gasteiger partial charge in [-0.25, -0.2) is 19.9 Å². The zero-order valence-electron chi connectivity index (χ0n) is 12.1. The molecule has 8 heteroatoms. The first-order valence-corrected chi connectivity index (χ1v) is 7.66. The third-order valence-electron chi connectivity index (χ3n) is 2.53. The van der Waals surface area contributed by atoms with Crippen molar-refractivity contribution >= 4 is 29.2 Å². The monoisotopic (exact) mass is 305 g/mol. The van der Waals surface area contributed by atoms with Gasteiger partial charge in [-0.05, 0) is 13.3 Å². The summed E-state index contributed by atoms with van der Waals surface area (Å²) in [5, 5.41) is 3.79. The van der Waals surface area contributed by atoms with Crippen molar-refractivity contribution in [1.82, 2.24) is 19.9 Å². The second-order valence-corrected chi connectivity index (χ2v) is 5.47. The van der Waals surface area contributed by atoms with Gasteiger partial charge in [0, 0.05) is 24.4 Å². The van der Waals surface area contributed by atoms with E-state index in [1.54, 1.807) is 0 Å². The van der Waals surface area contributed by atoms with E-state index in [0.29, 0.717) is 22.5 Å². The molecule has 0 fully saturated rings. The van der Waals surface area contributed by atoms with Crippen LogP contribution in [0.15, 0.2) is 17.3 Å². The number of rotatable bonds is 6. The Hall–Kier alpha value is -2.09. The Bertz CT molecular complexity index is 597. The predicted molar refractivity (Wildman–Crippen MR) is 86.0 cm³/mol. The van der Waals surface area contributed by atoms with Gasteiger partial charge in [-0.15, -0.1) is 0 Å². The second-order valence-electron chi connectivity index (χ2n) is 4.53. The quantitative estimate of drug-likeness (QED) is 0.547. The first-order chi connectivity index (χ1) is 10.1. The number of thioether (sulfide) groups is 1. The molecule has 0 radical (unpaired) electrons. The lowest BCUT2D eigenvalue weighted by molar-refractivity contribution is 0.936. The first-order valence-electron chi connectivity index (χ1n) is 6.68. The number of nitrogen functional groups attached to an aromatic ring is 2. The molecule has 2 aromatic heterocycles. The zero-order valence-corrected chi connectivity index (χ0v) is 12.9. The summed E-state index contributed by atoms with van der Waals surface area (Å²) < 4.78 is 0. The fraction of sp³-hybridized carbons (Fsp3) is 0.385. The van der Waals surface area contributed by atoms with Gasteiger partial charge in [0.1, 0.15) is 23.3 Å². The van der Waals surface area contributed by atoms with Crippen LogP contribution in [-0.2, 0) is 5.75 Å². The summed E-state index contributed by atoms with van der Waals surface area (Å²) in [5.74, 6) is 2.85. The maximum absolute atomic E-state index is 5.65. The Morgan fingerprint density at radius 2 is 1.81 bits per heavy atom. The van der Waals surface area contributed by atoms with Gasteiger partial charge in [0.05, 0.1) is 5.75 Å². The van der Waals surface area contributed by atoms with E-state index in [0.717, 1.165) is 30.3 Å². The fourth-order valence-electron chi connectivity index (χ4n) is 1.69. The van der Waals surface area contributed by atoms with E-state index in [1.807, 2.05) is 13.0 Å². The van der Waals surface area contributed by atoms with Gasteiger partial charge in [0.2, 0.25) is 0 Å². The second kappa shape index (κ2) is 7.07. The molecule has 0 bridgehead atoms. The lowest BCUT2D eigenvalue weighted by atomic mass is 10.4. The highest BCUT2D eigenvalue weighted by Gasteiger charge is 2.06. The van der Waals surface area contributed by atoms with Crippen LogP contribution >= 0.6 is 11.8 Å². The fourth-order valence-corrected chi connectivity index (χ4v) is 2.42. The number of hydrogen-bond donors (Lipinski definition) is 3. The molecule has 2 rings (SSSR count). The van der Waals surface area contributed by atoms with Crippen LogP contribution in [0.4, 0.5) is 17.5 Å². The summed E-state index contributed by atoms with van der Waals surface area (Å²) >= 11 is 1.41. The van der Waals surface area contributed by atoms with Crippen molar-refractivity contribution in [2.75, 3.05) is 23.3 Å². The Labute approximate surface area is 128 Å². The highest BCUT2D eigenvalue weighted by Crippen LogP contribution is 2.20. The van der Waals surface area contributed by atoms with Crippen LogP contribution in [0.25, 0.3) is 0 Å². The summed E-state index contributed by atoms with van der Waals surface area (Å²) in [6.45, 7) is 4.94. The minimum atomic E-state index is 0.362. The third-order valence-corrected chi connectivity index (χ3v) is 3.38. The van der Waals surface area contributed by atoms with Crippen molar-refractivity contribution < 1.29 is 0 Å². The molecular weight excluding hydrogens is 286 g/mol. The lowest BCUT2D eigenvalue weighted by Gasteiger charge is -2.07. The average molecular weight is 305 g/mol. The molecule has 0 aromatic carbocycles. The number of nitrogens with one attached hydrogen (secondary N) is 1. The number of nitrogens with two attached hydrogens (primary N) is 2. The lowest BCUT2D eigenvalue weighted by Crippen LogP contribution is -2.06. The van der Waals surface area contributed by atoms with Crippen molar-refractivity contribution in [3.8, 4) is 0 Å². The first kappa shape index (κ1) is 15.3. The minimum absolute atomic E-state index is 0.362. The Morgan fingerprint density at radius 3 is 2.48 bits per heavy atom. The number of aromatic nitrogens is 4. The molecule has 0 saturated carbocycles. The molecule has 2 heterocycles. The molecule has 0 atom stereocenters. The van der Waals surface area contributed by atoms with E-state index in [4.69, 9.17) is 11.5 Å². The van der Waals surface area contributed by atoms with Crippen molar-refractivity contribution in [2.24, 2.45) is 0 Å². The van der Waals surface area contributed by atoms with Crippen molar-refractivity contribution in [3.05, 3.63) is 23.7 Å². The Kier molecular flexibility index (Phi) is 5.15. The van der Waals surface area contributed by atoms with Crippen LogP contribution in [0, 0.1) is 6.92 Å². The van der Waals surface area contributed by atoms with Crippen LogP contribution in [0.2, 0.25) is 0 Å². The molecule has 0 saturated heterocycles. The maximum Gasteiger partial charge on any atom is 0.191 e. The molecule has 112 valence electrons. The van der Waals surface area contributed by atoms with E-state index in [2.05, 4.69) is 32.2 Å². The van der Waals surface area contributed by atoms with Crippen LogP contribution in [0.3, 0.4) is 0 Å². The summed E-state index contributed by atoms with van der Waals surface area (Å²) in [4.78, 5) is 17.1. The third kappa shape index (κ3) is 4.75. The van der Waals surface area contributed by atoms with Gasteiger partial charge in [0.15, 0.2) is 5.16 Å². The van der Waals surface area contributed by atoms with E-state index < -0.39 is 0 Å². The largest absolute Gasteiger partial charge is 0.383 e. The molecule has 0 aliphatic rings. The Balaban J connectivity index is 2.06. The van der Waals surface area contributed by atoms with E-state index in [-0.39, 0.29) is 0 Å². The van der Waals surface area contributed by atoms with Crippen molar-refractivity contribution in [2.45, 2.75) is 31.2 Å². The van der Waals surface area contributed by atoms with E-state index >= 15 is 0 Å². The van der Waals surface area contributed by atoms with E-state index in [9.17, 15) is 0 Å². The van der Waals surface area contributed by atoms with Gasteiger partial charge in [-0.2, -0.15) is 0 Å². The van der Waals surface area contributed by atoms with Gasteiger partial charge in [-0.3, -0.25) is 0 Å². The molecule has 0 aliphatic carbocycles. The highest BCUT2D eigenvalue weighted by atomic mass is 32.2. The molecule has 0 amide bonds. The number of aryl methyl sites for hydroxylation is 1. The molecule has 0 spiro atoms. The summed E-state index contributed by atoms with van der Waals surface area (Å²) in [5.41, 5.74) is 12.2. The molecular formula is C13H19N7S. The van der Waals surface area contributed by atoms with Gasteiger partial charge in [-0.1, -0.05) is 18.7 Å². The van der Waals surface area contributed by atoms with Crippen LogP contribution in [-0.4, -0.2) is 26.5 Å². The number of hydrogen-bond acceptors (Lipinski definition) is 8. The van der Waals surface area contributed by atoms with Crippen LogP contribution in [0.5, 0.6) is 0 Å². The molecule has 21 heavy (non-hydrogen) atoms. The average Bonchev–Trinajstić information content (AvgIpc) is 2.41. The van der Waals surface area contributed by atoms with Crippen molar-refractivity contribution in [1.29, 1.82) is 0 Å². The molecule has 2 aromatic rings. The molecule has 0 unspecified atom stereocenters.